The molecule has 5 rings (SSSR count). The highest BCUT2D eigenvalue weighted by Gasteiger charge is 2.66. The number of benzene rings is 1. The van der Waals surface area contributed by atoms with Crippen LogP contribution in [0.3, 0.4) is 0 Å². The summed E-state index contributed by atoms with van der Waals surface area (Å²) in [4.78, 5) is 17.6. The van der Waals surface area contributed by atoms with Gasteiger partial charge >= 0.3 is 6.18 Å². The van der Waals surface area contributed by atoms with Gasteiger partial charge in [-0.3, -0.25) is 4.79 Å². The molecule has 224 valence electrons. The fraction of sp³-hybridized carbons (Fsp3) is 0.571. The summed E-state index contributed by atoms with van der Waals surface area (Å²) in [5, 5.41) is 2.55. The number of pyridine rings is 1. The summed E-state index contributed by atoms with van der Waals surface area (Å²) in [6.45, 7) is 5.85. The van der Waals surface area contributed by atoms with Gasteiger partial charge in [-0.25, -0.2) is 9.37 Å². The van der Waals surface area contributed by atoms with E-state index >= 15 is 0 Å². The Kier molecular flexibility index (Phi) is 7.23. The Bertz CT molecular complexity index is 1330. The average Bonchev–Trinajstić information content (AvgIpc) is 3.53. The van der Waals surface area contributed by atoms with Crippen molar-refractivity contribution in [2.75, 3.05) is 19.0 Å². The first-order valence-electron chi connectivity index (χ1n) is 13.1. The number of aromatic nitrogens is 1. The summed E-state index contributed by atoms with van der Waals surface area (Å²) in [6.07, 6.45) is -3.88. The highest BCUT2D eigenvalue weighted by molar-refractivity contribution is 5.95. The van der Waals surface area contributed by atoms with Gasteiger partial charge in [-0.05, 0) is 45.7 Å². The van der Waals surface area contributed by atoms with Crippen molar-refractivity contribution in [3.05, 3.63) is 47.7 Å². The van der Waals surface area contributed by atoms with Crippen LogP contribution >= 0.6 is 0 Å². The first-order valence-corrected chi connectivity index (χ1v) is 13.1. The number of nitrogens with zero attached hydrogens (tertiary/aromatic N) is 1. The van der Waals surface area contributed by atoms with Gasteiger partial charge in [-0.2, -0.15) is 17.6 Å². The molecule has 1 aromatic carbocycles. The Morgan fingerprint density at radius 2 is 1.85 bits per heavy atom. The Labute approximate surface area is 233 Å². The van der Waals surface area contributed by atoms with E-state index in [1.54, 1.807) is 0 Å². The second-order valence-corrected chi connectivity index (χ2v) is 11.3. The van der Waals surface area contributed by atoms with E-state index in [1.165, 1.54) is 25.3 Å². The highest BCUT2D eigenvalue weighted by Crippen LogP contribution is 2.55. The molecule has 2 aromatic rings. The van der Waals surface area contributed by atoms with E-state index < -0.39 is 64.4 Å². The molecule has 3 heterocycles. The lowest BCUT2D eigenvalue weighted by molar-refractivity contribution is -0.272. The van der Waals surface area contributed by atoms with Crippen LogP contribution < -0.4 is 14.8 Å². The lowest BCUT2D eigenvalue weighted by Gasteiger charge is -2.32. The monoisotopic (exact) mass is 586 g/mol. The van der Waals surface area contributed by atoms with E-state index in [0.717, 1.165) is 39.0 Å². The predicted molar refractivity (Wildman–Crippen MR) is 135 cm³/mol. The molecule has 5 atom stereocenters. The van der Waals surface area contributed by atoms with Crippen molar-refractivity contribution in [2.24, 2.45) is 5.92 Å². The van der Waals surface area contributed by atoms with E-state index in [2.05, 4.69) is 10.3 Å². The number of carbonyl (C=O) groups is 1. The fourth-order valence-electron chi connectivity index (χ4n) is 5.74. The molecule has 13 heteroatoms. The summed E-state index contributed by atoms with van der Waals surface area (Å²) in [5.74, 6) is -7.44. The Morgan fingerprint density at radius 1 is 1.15 bits per heavy atom. The van der Waals surface area contributed by atoms with Crippen LogP contribution in [0.25, 0.3) is 0 Å². The minimum absolute atomic E-state index is 0.124. The second kappa shape index (κ2) is 10.1. The van der Waals surface area contributed by atoms with Crippen LogP contribution in [-0.2, 0) is 19.0 Å². The molecule has 41 heavy (non-hydrogen) atoms. The van der Waals surface area contributed by atoms with Crippen LogP contribution in [0, 0.1) is 17.6 Å². The van der Waals surface area contributed by atoms with Crippen molar-refractivity contribution in [3.8, 4) is 11.6 Å². The number of anilines is 1. The van der Waals surface area contributed by atoms with Gasteiger partial charge in [0.15, 0.2) is 23.0 Å². The van der Waals surface area contributed by atoms with Gasteiger partial charge in [0.1, 0.15) is 24.4 Å². The maximum absolute atomic E-state index is 14.6. The number of rotatable bonds is 7. The summed E-state index contributed by atoms with van der Waals surface area (Å²) in [5.41, 5.74) is -3.11. The molecular weight excluding hydrogens is 555 g/mol. The largest absolute Gasteiger partial charge is 0.493 e. The molecule has 0 bridgehead atoms. The van der Waals surface area contributed by atoms with Crippen molar-refractivity contribution >= 4 is 11.6 Å². The van der Waals surface area contributed by atoms with Crippen LogP contribution in [0.5, 0.6) is 11.6 Å². The Balaban J connectivity index is 1.37. The SMILES string of the molecule is COc1c([C@H]2[C@H](C(=O)Nc3ccnc(OCC4OC(C)(C)OC45CC5)c3)O[C@@](C)(C(F)(F)F)[C@H]2C)ccc(F)c1F. The lowest BCUT2D eigenvalue weighted by Crippen LogP contribution is -2.47. The molecule has 1 unspecified atom stereocenters. The molecule has 0 radical (unpaired) electrons. The van der Waals surface area contributed by atoms with Crippen LogP contribution in [0.2, 0.25) is 0 Å². The van der Waals surface area contributed by atoms with Crippen molar-refractivity contribution in [1.29, 1.82) is 0 Å². The lowest BCUT2D eigenvalue weighted by atomic mass is 9.77. The third kappa shape index (κ3) is 5.23. The maximum atomic E-state index is 14.6. The van der Waals surface area contributed by atoms with Gasteiger partial charge in [-0.1, -0.05) is 13.0 Å². The zero-order chi connectivity index (χ0) is 30.0. The van der Waals surface area contributed by atoms with E-state index in [4.69, 9.17) is 23.7 Å². The number of halogens is 5. The molecule has 1 N–H and O–H groups in total. The number of hydrogen-bond acceptors (Lipinski definition) is 7. The third-order valence-electron chi connectivity index (χ3n) is 8.16. The number of nitrogens with one attached hydrogen (secondary N) is 1. The molecular formula is C28H31F5N2O6. The van der Waals surface area contributed by atoms with E-state index in [0.29, 0.717) is 0 Å². The molecule has 1 spiro atoms. The van der Waals surface area contributed by atoms with Gasteiger partial charge < -0.3 is 29.0 Å². The van der Waals surface area contributed by atoms with Crippen molar-refractivity contribution in [2.45, 2.75) is 81.8 Å². The van der Waals surface area contributed by atoms with E-state index in [1.807, 2.05) is 13.8 Å². The molecule has 3 aliphatic rings. The number of carbonyl (C=O) groups excluding carboxylic acids is 1. The number of hydrogen-bond donors (Lipinski definition) is 1. The summed E-state index contributed by atoms with van der Waals surface area (Å²) < 4.78 is 99.2. The molecule has 2 saturated heterocycles. The highest BCUT2D eigenvalue weighted by atomic mass is 19.4. The average molecular weight is 587 g/mol. The second-order valence-electron chi connectivity index (χ2n) is 11.3. The normalized spacial score (nSPS) is 29.9. The Morgan fingerprint density at radius 3 is 2.49 bits per heavy atom. The van der Waals surface area contributed by atoms with Crippen LogP contribution in [0.1, 0.15) is 52.0 Å². The quantitative estimate of drug-likeness (QED) is 0.428. The summed E-state index contributed by atoms with van der Waals surface area (Å²) in [6, 6.07) is 4.72. The summed E-state index contributed by atoms with van der Waals surface area (Å²) in [7, 11) is 1.06. The first kappa shape index (κ1) is 29.5. The van der Waals surface area contributed by atoms with Crippen molar-refractivity contribution in [3.63, 3.8) is 0 Å². The number of amides is 1. The van der Waals surface area contributed by atoms with E-state index in [9.17, 15) is 26.7 Å². The minimum Gasteiger partial charge on any atom is -0.493 e. The van der Waals surface area contributed by atoms with Gasteiger partial charge in [0.25, 0.3) is 5.91 Å². The van der Waals surface area contributed by atoms with Gasteiger partial charge in [0.05, 0.1) is 7.11 Å². The zero-order valence-electron chi connectivity index (χ0n) is 23.1. The van der Waals surface area contributed by atoms with E-state index in [-0.39, 0.29) is 29.8 Å². The molecule has 1 aromatic heterocycles. The smallest absolute Gasteiger partial charge is 0.417 e. The minimum atomic E-state index is -4.87. The van der Waals surface area contributed by atoms with Crippen molar-refractivity contribution in [1.82, 2.24) is 4.98 Å². The van der Waals surface area contributed by atoms with Crippen molar-refractivity contribution < 1.29 is 50.4 Å². The molecule has 8 nitrogen and oxygen atoms in total. The van der Waals surface area contributed by atoms with Gasteiger partial charge in [0.2, 0.25) is 11.7 Å². The Hall–Kier alpha value is -3.03. The predicted octanol–water partition coefficient (Wildman–Crippen LogP) is 5.51. The third-order valence-corrected chi connectivity index (χ3v) is 8.16. The zero-order valence-corrected chi connectivity index (χ0v) is 23.1. The van der Waals surface area contributed by atoms with Gasteiger partial charge in [0, 0.05) is 35.3 Å². The molecule has 2 aliphatic heterocycles. The maximum Gasteiger partial charge on any atom is 0.417 e. The fourth-order valence-corrected chi connectivity index (χ4v) is 5.74. The summed E-state index contributed by atoms with van der Waals surface area (Å²) >= 11 is 0. The van der Waals surface area contributed by atoms with Crippen LogP contribution in [0.4, 0.5) is 27.6 Å². The number of methoxy groups -OCH3 is 1. The molecule has 1 saturated carbocycles. The van der Waals surface area contributed by atoms with Crippen LogP contribution in [-0.4, -0.2) is 60.0 Å². The standard InChI is InChI=1S/C28H31F5N2O6/c1-14-20(16-6-7-17(29)21(30)22(16)37-5)23(40-26(14,4)28(31,32)33)24(36)35-15-8-11-34-19(12-15)38-13-18-27(9-10-27)41-25(2,3)39-18/h6-8,11-12,14,18,20,23H,9-10,13H2,1-5H3,(H,34,35,36)/t14-,18?,20-,23+,26+/m0/s1. The van der Waals surface area contributed by atoms with Gasteiger partial charge in [-0.15, -0.1) is 0 Å². The topological polar surface area (TPSA) is 88.1 Å². The molecule has 1 aliphatic carbocycles. The molecule has 1 amide bonds. The first-order chi connectivity index (χ1) is 19.1. The molecule has 3 fully saturated rings. The number of alkyl halides is 3. The number of ether oxygens (including phenoxy) is 5. The van der Waals surface area contributed by atoms with Crippen LogP contribution in [0.15, 0.2) is 30.5 Å².